The summed E-state index contributed by atoms with van der Waals surface area (Å²) in [5, 5.41) is 0.653. The summed E-state index contributed by atoms with van der Waals surface area (Å²) in [5.74, 6) is 0.139. The molecule has 4 nitrogen and oxygen atoms in total. The SMILES string of the molecule is O=C(CCCC(=O)N1CCOC(c2ccccc2Cl)C1)c1ccccc1. The first-order valence-corrected chi connectivity index (χ1v) is 9.25. The van der Waals surface area contributed by atoms with Crippen LogP contribution in [0.3, 0.4) is 0 Å². The average Bonchev–Trinajstić information content (AvgIpc) is 2.69. The fourth-order valence-electron chi connectivity index (χ4n) is 3.13. The molecule has 1 unspecified atom stereocenters. The molecule has 3 rings (SSSR count). The van der Waals surface area contributed by atoms with Crippen LogP contribution in [0.1, 0.15) is 41.3 Å². The number of ketones is 1. The Balaban J connectivity index is 1.50. The number of carbonyl (C=O) groups is 2. The Bertz CT molecular complexity index is 763. The van der Waals surface area contributed by atoms with E-state index in [-0.39, 0.29) is 17.8 Å². The van der Waals surface area contributed by atoms with E-state index in [1.807, 2.05) is 47.4 Å². The molecule has 1 aliphatic rings. The molecule has 2 aromatic carbocycles. The second kappa shape index (κ2) is 8.97. The molecular weight excluding hydrogens is 350 g/mol. The fourth-order valence-corrected chi connectivity index (χ4v) is 3.38. The van der Waals surface area contributed by atoms with Gasteiger partial charge in [-0.15, -0.1) is 0 Å². The average molecular weight is 372 g/mol. The van der Waals surface area contributed by atoms with Gasteiger partial charge >= 0.3 is 0 Å². The van der Waals surface area contributed by atoms with Gasteiger partial charge in [0.15, 0.2) is 5.78 Å². The Hall–Kier alpha value is -2.17. The van der Waals surface area contributed by atoms with Gasteiger partial charge in [0.05, 0.1) is 13.2 Å². The molecule has 0 aliphatic carbocycles. The topological polar surface area (TPSA) is 46.6 Å². The predicted molar refractivity (Wildman–Crippen MR) is 101 cm³/mol. The molecule has 2 aromatic rings. The van der Waals surface area contributed by atoms with E-state index in [0.29, 0.717) is 49.5 Å². The number of nitrogens with zero attached hydrogens (tertiary/aromatic N) is 1. The van der Waals surface area contributed by atoms with E-state index < -0.39 is 0 Å². The van der Waals surface area contributed by atoms with Gasteiger partial charge in [0.1, 0.15) is 6.10 Å². The van der Waals surface area contributed by atoms with E-state index in [0.717, 1.165) is 5.56 Å². The van der Waals surface area contributed by atoms with Gasteiger partial charge < -0.3 is 9.64 Å². The maximum Gasteiger partial charge on any atom is 0.222 e. The number of benzene rings is 2. The van der Waals surface area contributed by atoms with Crippen molar-refractivity contribution in [3.63, 3.8) is 0 Å². The van der Waals surface area contributed by atoms with Gasteiger partial charge in [-0.2, -0.15) is 0 Å². The van der Waals surface area contributed by atoms with Crippen LogP contribution in [0.4, 0.5) is 0 Å². The number of hydrogen-bond acceptors (Lipinski definition) is 3. The minimum Gasteiger partial charge on any atom is -0.370 e. The summed E-state index contributed by atoms with van der Waals surface area (Å²) in [7, 11) is 0. The number of Topliss-reactive ketones (excluding diaryl/α,β-unsaturated/α-hetero) is 1. The van der Waals surface area contributed by atoms with Crippen LogP contribution in [0.5, 0.6) is 0 Å². The fraction of sp³-hybridized carbons (Fsp3) is 0.333. The summed E-state index contributed by atoms with van der Waals surface area (Å²) >= 11 is 6.24. The molecule has 0 radical (unpaired) electrons. The van der Waals surface area contributed by atoms with Gasteiger partial charge in [-0.25, -0.2) is 0 Å². The highest BCUT2D eigenvalue weighted by atomic mass is 35.5. The second-order valence-corrected chi connectivity index (χ2v) is 6.77. The zero-order valence-electron chi connectivity index (χ0n) is 14.6. The lowest BCUT2D eigenvalue weighted by molar-refractivity contribution is -0.139. The Morgan fingerprint density at radius 1 is 1.04 bits per heavy atom. The van der Waals surface area contributed by atoms with Crippen molar-refractivity contribution < 1.29 is 14.3 Å². The zero-order chi connectivity index (χ0) is 18.4. The Morgan fingerprint density at radius 2 is 1.77 bits per heavy atom. The molecule has 0 N–H and O–H groups in total. The molecule has 0 bridgehead atoms. The number of morpholine rings is 1. The first-order valence-electron chi connectivity index (χ1n) is 8.87. The molecule has 1 fully saturated rings. The summed E-state index contributed by atoms with van der Waals surface area (Å²) in [6.45, 7) is 1.56. The lowest BCUT2D eigenvalue weighted by Crippen LogP contribution is -2.42. The van der Waals surface area contributed by atoms with Gasteiger partial charge in [0, 0.05) is 35.5 Å². The van der Waals surface area contributed by atoms with Crippen LogP contribution in [-0.2, 0) is 9.53 Å². The number of halogens is 1. The maximum absolute atomic E-state index is 12.5. The quantitative estimate of drug-likeness (QED) is 0.711. The third-order valence-electron chi connectivity index (χ3n) is 4.56. The van der Waals surface area contributed by atoms with E-state index in [9.17, 15) is 9.59 Å². The van der Waals surface area contributed by atoms with Crippen LogP contribution in [0.2, 0.25) is 5.02 Å². The number of hydrogen-bond donors (Lipinski definition) is 0. The highest BCUT2D eigenvalue weighted by molar-refractivity contribution is 6.31. The summed E-state index contributed by atoms with van der Waals surface area (Å²) < 4.78 is 5.79. The molecule has 1 saturated heterocycles. The van der Waals surface area contributed by atoms with Crippen LogP contribution in [0.25, 0.3) is 0 Å². The van der Waals surface area contributed by atoms with Crippen molar-refractivity contribution in [3.05, 3.63) is 70.7 Å². The summed E-state index contributed by atoms with van der Waals surface area (Å²) in [6, 6.07) is 16.7. The zero-order valence-corrected chi connectivity index (χ0v) is 15.3. The normalized spacial score (nSPS) is 17.1. The Morgan fingerprint density at radius 3 is 2.54 bits per heavy atom. The molecule has 0 aromatic heterocycles. The van der Waals surface area contributed by atoms with Crippen molar-refractivity contribution in [2.75, 3.05) is 19.7 Å². The maximum atomic E-state index is 12.5. The van der Waals surface area contributed by atoms with Crippen LogP contribution in [0, 0.1) is 0 Å². The number of ether oxygens (including phenoxy) is 1. The van der Waals surface area contributed by atoms with Crippen LogP contribution >= 0.6 is 11.6 Å². The van der Waals surface area contributed by atoms with Crippen molar-refractivity contribution >= 4 is 23.3 Å². The molecule has 0 saturated carbocycles. The first-order chi connectivity index (χ1) is 12.6. The minimum atomic E-state index is -0.202. The molecule has 1 amide bonds. The lowest BCUT2D eigenvalue weighted by Gasteiger charge is -2.33. The van der Waals surface area contributed by atoms with Crippen molar-refractivity contribution in [2.24, 2.45) is 0 Å². The standard InChI is InChI=1S/C21H22ClNO3/c22-18-10-5-4-9-17(18)20-15-23(13-14-26-20)21(25)12-6-11-19(24)16-7-2-1-3-8-16/h1-5,7-10,20H,6,11-15H2. The molecular formula is C21H22ClNO3. The first kappa shape index (κ1) is 18.6. The van der Waals surface area contributed by atoms with Gasteiger partial charge in [-0.1, -0.05) is 60.1 Å². The number of carbonyl (C=O) groups excluding carboxylic acids is 2. The number of amides is 1. The number of rotatable bonds is 6. The van der Waals surface area contributed by atoms with Crippen LogP contribution < -0.4 is 0 Å². The van der Waals surface area contributed by atoms with Gasteiger partial charge in [-0.05, 0) is 12.5 Å². The van der Waals surface area contributed by atoms with E-state index in [1.165, 1.54) is 0 Å². The Labute approximate surface area is 158 Å². The predicted octanol–water partition coefficient (Wildman–Crippen LogP) is 4.29. The molecule has 0 spiro atoms. The van der Waals surface area contributed by atoms with E-state index in [4.69, 9.17) is 16.3 Å². The minimum absolute atomic E-state index is 0.0613. The van der Waals surface area contributed by atoms with E-state index in [2.05, 4.69) is 0 Å². The molecule has 5 heteroatoms. The third kappa shape index (κ3) is 4.71. The molecule has 1 atom stereocenters. The Kier molecular flexibility index (Phi) is 6.42. The summed E-state index contributed by atoms with van der Waals surface area (Å²) in [4.78, 5) is 26.4. The monoisotopic (exact) mass is 371 g/mol. The van der Waals surface area contributed by atoms with Gasteiger partial charge in [-0.3, -0.25) is 9.59 Å². The van der Waals surface area contributed by atoms with Crippen LogP contribution in [-0.4, -0.2) is 36.3 Å². The van der Waals surface area contributed by atoms with Crippen molar-refractivity contribution in [3.8, 4) is 0 Å². The van der Waals surface area contributed by atoms with E-state index in [1.54, 1.807) is 12.1 Å². The third-order valence-corrected chi connectivity index (χ3v) is 4.91. The lowest BCUT2D eigenvalue weighted by atomic mass is 10.0. The molecule has 136 valence electrons. The highest BCUT2D eigenvalue weighted by Crippen LogP contribution is 2.28. The van der Waals surface area contributed by atoms with Crippen molar-refractivity contribution in [2.45, 2.75) is 25.4 Å². The summed E-state index contributed by atoms with van der Waals surface area (Å²) in [6.07, 6.45) is 1.11. The summed E-state index contributed by atoms with van der Waals surface area (Å²) in [5.41, 5.74) is 1.61. The van der Waals surface area contributed by atoms with Crippen molar-refractivity contribution in [1.29, 1.82) is 0 Å². The molecule has 1 heterocycles. The van der Waals surface area contributed by atoms with Crippen LogP contribution in [0.15, 0.2) is 54.6 Å². The molecule has 1 aliphatic heterocycles. The van der Waals surface area contributed by atoms with E-state index >= 15 is 0 Å². The second-order valence-electron chi connectivity index (χ2n) is 6.36. The molecule has 26 heavy (non-hydrogen) atoms. The highest BCUT2D eigenvalue weighted by Gasteiger charge is 2.26. The smallest absolute Gasteiger partial charge is 0.222 e. The van der Waals surface area contributed by atoms with Gasteiger partial charge in [0.2, 0.25) is 5.91 Å². The van der Waals surface area contributed by atoms with Crippen molar-refractivity contribution in [1.82, 2.24) is 4.90 Å². The largest absolute Gasteiger partial charge is 0.370 e. The van der Waals surface area contributed by atoms with Gasteiger partial charge in [0.25, 0.3) is 0 Å².